The molecule has 1 rings (SSSR count). The van der Waals surface area contributed by atoms with Gasteiger partial charge in [0, 0.05) is 13.1 Å². The third-order valence-electron chi connectivity index (χ3n) is 3.14. The Morgan fingerprint density at radius 3 is 2.70 bits per heavy atom. The third-order valence-corrected chi connectivity index (χ3v) is 3.14. The van der Waals surface area contributed by atoms with Crippen LogP contribution < -0.4 is 5.32 Å². The summed E-state index contributed by atoms with van der Waals surface area (Å²) in [5, 5.41) is 12.8. The second-order valence-electron chi connectivity index (χ2n) is 5.13. The number of benzene rings is 1. The van der Waals surface area contributed by atoms with E-state index in [1.165, 1.54) is 0 Å². The van der Waals surface area contributed by atoms with E-state index in [4.69, 9.17) is 4.74 Å². The van der Waals surface area contributed by atoms with E-state index in [2.05, 4.69) is 5.32 Å². The SMILES string of the molecule is CCOC(=O)C(C)(NCCN(C)C)c1cccc(O)c1. The van der Waals surface area contributed by atoms with E-state index in [0.29, 0.717) is 18.7 Å². The van der Waals surface area contributed by atoms with Gasteiger partial charge in [-0.1, -0.05) is 12.1 Å². The van der Waals surface area contributed by atoms with Crippen LogP contribution in [0.15, 0.2) is 24.3 Å². The van der Waals surface area contributed by atoms with E-state index in [9.17, 15) is 9.90 Å². The molecule has 0 spiro atoms. The van der Waals surface area contributed by atoms with Crippen molar-refractivity contribution in [1.82, 2.24) is 10.2 Å². The number of hydrogen-bond acceptors (Lipinski definition) is 5. The van der Waals surface area contributed by atoms with Crippen molar-refractivity contribution in [3.63, 3.8) is 0 Å². The number of likely N-dealkylation sites (N-methyl/N-ethyl adjacent to an activating group) is 1. The molecule has 1 aromatic rings. The smallest absolute Gasteiger partial charge is 0.330 e. The van der Waals surface area contributed by atoms with Gasteiger partial charge >= 0.3 is 5.97 Å². The van der Waals surface area contributed by atoms with Gasteiger partial charge in [0.2, 0.25) is 0 Å². The molecule has 1 atom stereocenters. The largest absolute Gasteiger partial charge is 0.508 e. The normalized spacial score (nSPS) is 14.1. The fourth-order valence-electron chi connectivity index (χ4n) is 1.91. The van der Waals surface area contributed by atoms with Crippen molar-refractivity contribution in [3.8, 4) is 5.75 Å². The summed E-state index contributed by atoms with van der Waals surface area (Å²) < 4.78 is 5.16. The van der Waals surface area contributed by atoms with Crippen LogP contribution in [0.5, 0.6) is 5.75 Å². The molecule has 0 bridgehead atoms. The van der Waals surface area contributed by atoms with Gasteiger partial charge in [-0.25, -0.2) is 4.79 Å². The Morgan fingerprint density at radius 1 is 1.45 bits per heavy atom. The maximum Gasteiger partial charge on any atom is 0.330 e. The van der Waals surface area contributed by atoms with Gasteiger partial charge in [-0.15, -0.1) is 0 Å². The van der Waals surface area contributed by atoms with Crippen LogP contribution in [0.2, 0.25) is 0 Å². The van der Waals surface area contributed by atoms with E-state index in [1.54, 1.807) is 38.1 Å². The summed E-state index contributed by atoms with van der Waals surface area (Å²) in [4.78, 5) is 14.3. The molecule has 0 amide bonds. The molecule has 2 N–H and O–H groups in total. The van der Waals surface area contributed by atoms with Crippen LogP contribution in [-0.2, 0) is 15.1 Å². The fraction of sp³-hybridized carbons (Fsp3) is 0.533. The van der Waals surface area contributed by atoms with E-state index in [-0.39, 0.29) is 11.7 Å². The van der Waals surface area contributed by atoms with Gasteiger partial charge in [0.25, 0.3) is 0 Å². The predicted octanol–water partition coefficient (Wildman–Crippen LogP) is 1.32. The Kier molecular flexibility index (Phi) is 5.98. The van der Waals surface area contributed by atoms with Gasteiger partial charge in [0.05, 0.1) is 6.61 Å². The highest BCUT2D eigenvalue weighted by atomic mass is 16.5. The Balaban J connectivity index is 2.97. The first-order chi connectivity index (χ1) is 9.40. The lowest BCUT2D eigenvalue weighted by molar-refractivity contribution is -0.151. The number of ether oxygens (including phenoxy) is 1. The van der Waals surface area contributed by atoms with E-state index in [1.807, 2.05) is 19.0 Å². The maximum atomic E-state index is 12.3. The zero-order chi connectivity index (χ0) is 15.2. The first-order valence-electron chi connectivity index (χ1n) is 6.76. The highest BCUT2D eigenvalue weighted by Gasteiger charge is 2.36. The fourth-order valence-corrected chi connectivity index (χ4v) is 1.91. The van der Waals surface area contributed by atoms with Crippen LogP contribution in [0.4, 0.5) is 0 Å². The number of carbonyl (C=O) groups is 1. The summed E-state index contributed by atoms with van der Waals surface area (Å²) in [6, 6.07) is 6.68. The molecule has 0 saturated carbocycles. The number of phenolic OH excluding ortho intramolecular Hbond substituents is 1. The number of rotatable bonds is 7. The highest BCUT2D eigenvalue weighted by molar-refractivity contribution is 5.82. The van der Waals surface area contributed by atoms with E-state index in [0.717, 1.165) is 6.54 Å². The molecule has 0 aliphatic rings. The Hall–Kier alpha value is -1.59. The average Bonchev–Trinajstić information content (AvgIpc) is 2.38. The second kappa shape index (κ2) is 7.26. The Morgan fingerprint density at radius 2 is 2.15 bits per heavy atom. The lowest BCUT2D eigenvalue weighted by atomic mass is 9.91. The van der Waals surface area contributed by atoms with Crippen molar-refractivity contribution in [2.75, 3.05) is 33.8 Å². The molecule has 0 aliphatic heterocycles. The van der Waals surface area contributed by atoms with Gasteiger partial charge in [0.1, 0.15) is 11.3 Å². The van der Waals surface area contributed by atoms with E-state index < -0.39 is 5.54 Å². The van der Waals surface area contributed by atoms with Crippen molar-refractivity contribution in [2.24, 2.45) is 0 Å². The quantitative estimate of drug-likeness (QED) is 0.738. The molecule has 0 heterocycles. The number of phenols is 1. The second-order valence-corrected chi connectivity index (χ2v) is 5.13. The van der Waals surface area contributed by atoms with Gasteiger partial charge in [-0.3, -0.25) is 5.32 Å². The third kappa shape index (κ3) is 4.21. The van der Waals surface area contributed by atoms with Crippen molar-refractivity contribution in [1.29, 1.82) is 0 Å². The molecule has 0 radical (unpaired) electrons. The maximum absolute atomic E-state index is 12.3. The molecule has 0 saturated heterocycles. The van der Waals surface area contributed by atoms with Gasteiger partial charge in [-0.2, -0.15) is 0 Å². The molecule has 0 fully saturated rings. The lowest BCUT2D eigenvalue weighted by Crippen LogP contribution is -2.49. The lowest BCUT2D eigenvalue weighted by Gasteiger charge is -2.29. The minimum Gasteiger partial charge on any atom is -0.508 e. The number of nitrogens with zero attached hydrogens (tertiary/aromatic N) is 1. The predicted molar refractivity (Wildman–Crippen MR) is 78.6 cm³/mol. The zero-order valence-electron chi connectivity index (χ0n) is 12.6. The summed E-state index contributed by atoms with van der Waals surface area (Å²) in [5.74, 6) is -0.211. The number of carbonyl (C=O) groups excluding carboxylic acids is 1. The van der Waals surface area contributed by atoms with Crippen LogP contribution in [0.3, 0.4) is 0 Å². The minimum atomic E-state index is -0.968. The van der Waals surface area contributed by atoms with Crippen molar-refractivity contribution < 1.29 is 14.6 Å². The van der Waals surface area contributed by atoms with Gasteiger partial charge < -0.3 is 14.7 Å². The number of esters is 1. The molecule has 1 aromatic carbocycles. The van der Waals surface area contributed by atoms with E-state index >= 15 is 0 Å². The summed E-state index contributed by atoms with van der Waals surface area (Å²) >= 11 is 0. The number of nitrogens with one attached hydrogen (secondary N) is 1. The molecular weight excluding hydrogens is 256 g/mol. The number of hydrogen-bond donors (Lipinski definition) is 2. The van der Waals surface area contributed by atoms with Crippen molar-refractivity contribution >= 4 is 5.97 Å². The summed E-state index contributed by atoms with van der Waals surface area (Å²) in [6.07, 6.45) is 0. The first-order valence-corrected chi connectivity index (χ1v) is 6.76. The standard InChI is InChI=1S/C15H24N2O3/c1-5-20-14(19)15(2,16-9-10-17(3)4)12-7-6-8-13(18)11-12/h6-8,11,16,18H,5,9-10H2,1-4H3. The number of aromatic hydroxyl groups is 1. The van der Waals surface area contributed by atoms with Crippen LogP contribution >= 0.6 is 0 Å². The topological polar surface area (TPSA) is 61.8 Å². The zero-order valence-corrected chi connectivity index (χ0v) is 12.6. The molecule has 1 unspecified atom stereocenters. The molecular formula is C15H24N2O3. The van der Waals surface area contributed by atoms with Crippen molar-refractivity contribution in [2.45, 2.75) is 19.4 Å². The monoisotopic (exact) mass is 280 g/mol. The Labute approximate surface area is 120 Å². The minimum absolute atomic E-state index is 0.132. The van der Waals surface area contributed by atoms with Crippen LogP contribution in [0, 0.1) is 0 Å². The highest BCUT2D eigenvalue weighted by Crippen LogP contribution is 2.25. The first kappa shape index (κ1) is 16.5. The van der Waals surface area contributed by atoms with Crippen LogP contribution in [0.25, 0.3) is 0 Å². The summed E-state index contributed by atoms with van der Waals surface area (Å²) in [5.41, 5.74) is -0.278. The summed E-state index contributed by atoms with van der Waals surface area (Å²) in [7, 11) is 3.94. The van der Waals surface area contributed by atoms with Crippen LogP contribution in [-0.4, -0.2) is 49.8 Å². The molecule has 5 nitrogen and oxygen atoms in total. The van der Waals surface area contributed by atoms with Gasteiger partial charge in [0.15, 0.2) is 0 Å². The Bertz CT molecular complexity index is 448. The molecule has 112 valence electrons. The molecule has 0 aromatic heterocycles. The van der Waals surface area contributed by atoms with Crippen LogP contribution in [0.1, 0.15) is 19.4 Å². The van der Waals surface area contributed by atoms with Crippen molar-refractivity contribution in [3.05, 3.63) is 29.8 Å². The molecule has 20 heavy (non-hydrogen) atoms. The molecule has 5 heteroatoms. The van der Waals surface area contributed by atoms with Gasteiger partial charge in [-0.05, 0) is 45.6 Å². The molecule has 0 aliphatic carbocycles. The average molecular weight is 280 g/mol. The summed E-state index contributed by atoms with van der Waals surface area (Å²) in [6.45, 7) is 5.31.